The molecule has 1 aliphatic heterocycles. The minimum atomic E-state index is -0.119. The first kappa shape index (κ1) is 17.9. The smallest absolute Gasteiger partial charge is 0.255 e. The molecule has 7 heteroatoms. The summed E-state index contributed by atoms with van der Waals surface area (Å²) in [4.78, 5) is 27.6. The van der Waals surface area contributed by atoms with E-state index in [9.17, 15) is 4.79 Å². The van der Waals surface area contributed by atoms with Gasteiger partial charge >= 0.3 is 0 Å². The van der Waals surface area contributed by atoms with Crippen LogP contribution in [-0.2, 0) is 7.05 Å². The molecule has 0 spiro atoms. The van der Waals surface area contributed by atoms with E-state index < -0.39 is 0 Å². The molecule has 0 fully saturated rings. The summed E-state index contributed by atoms with van der Waals surface area (Å²) in [6.45, 7) is 1.43. The molecule has 0 unspecified atom stereocenters. The van der Waals surface area contributed by atoms with Gasteiger partial charge in [0.1, 0.15) is 12.1 Å². The second-order valence-corrected chi connectivity index (χ2v) is 6.57. The van der Waals surface area contributed by atoms with Crippen molar-refractivity contribution in [2.24, 2.45) is 7.05 Å². The largest absolute Gasteiger partial charge is 0.496 e. The monoisotopic (exact) mass is 375 g/mol. The van der Waals surface area contributed by atoms with Crippen molar-refractivity contribution >= 4 is 11.5 Å². The predicted molar refractivity (Wildman–Crippen MR) is 108 cm³/mol. The van der Waals surface area contributed by atoms with Gasteiger partial charge in [-0.2, -0.15) is 0 Å². The summed E-state index contributed by atoms with van der Waals surface area (Å²) in [5.74, 6) is 1.47. The Morgan fingerprint density at radius 1 is 1.14 bits per heavy atom. The van der Waals surface area contributed by atoms with E-state index in [0.717, 1.165) is 29.9 Å². The van der Waals surface area contributed by atoms with Crippen molar-refractivity contribution in [1.29, 1.82) is 0 Å². The van der Waals surface area contributed by atoms with Crippen LogP contribution in [0.2, 0.25) is 0 Å². The summed E-state index contributed by atoms with van der Waals surface area (Å²) in [5, 5.41) is 0. The van der Waals surface area contributed by atoms with Gasteiger partial charge in [-0.1, -0.05) is 24.3 Å². The van der Waals surface area contributed by atoms with Gasteiger partial charge in [0, 0.05) is 38.0 Å². The number of benzene rings is 1. The third kappa shape index (κ3) is 3.38. The third-order valence-electron chi connectivity index (χ3n) is 4.84. The summed E-state index contributed by atoms with van der Waals surface area (Å²) in [5.41, 5.74) is 3.28. The second kappa shape index (κ2) is 7.64. The predicted octanol–water partition coefficient (Wildman–Crippen LogP) is 2.54. The molecule has 1 aliphatic rings. The highest BCUT2D eigenvalue weighted by molar-refractivity contribution is 5.75. The molecule has 2 aromatic heterocycles. The molecule has 0 N–H and O–H groups in total. The van der Waals surface area contributed by atoms with Crippen molar-refractivity contribution in [2.45, 2.75) is 6.42 Å². The van der Waals surface area contributed by atoms with E-state index in [1.807, 2.05) is 18.2 Å². The van der Waals surface area contributed by atoms with Gasteiger partial charge in [0.25, 0.3) is 5.56 Å². The zero-order chi connectivity index (χ0) is 19.5. The summed E-state index contributed by atoms with van der Waals surface area (Å²) in [6, 6.07) is 11.2. The molecule has 0 saturated heterocycles. The Hall–Kier alpha value is -3.48. The van der Waals surface area contributed by atoms with Crippen molar-refractivity contribution in [3.63, 3.8) is 0 Å². The minimum absolute atomic E-state index is 0.119. The molecule has 142 valence electrons. The summed E-state index contributed by atoms with van der Waals surface area (Å²) in [7, 11) is 3.42. The summed E-state index contributed by atoms with van der Waals surface area (Å²) < 4.78 is 7.09. The van der Waals surface area contributed by atoms with Crippen LogP contribution in [0.4, 0.5) is 5.95 Å². The Morgan fingerprint density at radius 3 is 2.79 bits per heavy atom. The van der Waals surface area contributed by atoms with Gasteiger partial charge < -0.3 is 9.64 Å². The van der Waals surface area contributed by atoms with Crippen LogP contribution < -0.4 is 15.2 Å². The number of rotatable bonds is 4. The van der Waals surface area contributed by atoms with Gasteiger partial charge in [0.15, 0.2) is 0 Å². The number of aromatic nitrogens is 4. The Labute approximate surface area is 163 Å². The van der Waals surface area contributed by atoms with Crippen molar-refractivity contribution in [2.75, 3.05) is 25.1 Å². The zero-order valence-corrected chi connectivity index (χ0v) is 15.9. The molecule has 28 heavy (non-hydrogen) atoms. The van der Waals surface area contributed by atoms with Gasteiger partial charge in [-0.25, -0.2) is 15.0 Å². The minimum Gasteiger partial charge on any atom is -0.496 e. The van der Waals surface area contributed by atoms with Crippen molar-refractivity contribution < 1.29 is 4.74 Å². The lowest BCUT2D eigenvalue weighted by Crippen LogP contribution is -2.35. The maximum absolute atomic E-state index is 12.5. The Balaban J connectivity index is 1.71. The van der Waals surface area contributed by atoms with E-state index in [4.69, 9.17) is 9.72 Å². The van der Waals surface area contributed by atoms with Crippen molar-refractivity contribution in [3.05, 3.63) is 70.9 Å². The number of para-hydroxylation sites is 1. The molecule has 0 aliphatic carbocycles. The number of hydrogen-bond acceptors (Lipinski definition) is 6. The van der Waals surface area contributed by atoms with E-state index in [0.29, 0.717) is 23.9 Å². The maximum atomic E-state index is 12.5. The standard InChI is InChI=1S/C21H21N5O2/c1-25-20(27)12-18(17-9-10-22-14-23-17)24-21(25)26-11-5-6-15(13-26)16-7-3-4-8-19(16)28-2/h3-4,6-10,12,14H,5,11,13H2,1-2H3. The lowest BCUT2D eigenvalue weighted by Gasteiger charge is -2.30. The maximum Gasteiger partial charge on any atom is 0.255 e. The van der Waals surface area contributed by atoms with Crippen LogP contribution >= 0.6 is 0 Å². The molecular formula is C21H21N5O2. The summed E-state index contributed by atoms with van der Waals surface area (Å²) in [6.07, 6.45) is 6.18. The molecule has 0 atom stereocenters. The molecule has 3 heterocycles. The fraction of sp³-hybridized carbons (Fsp3) is 0.238. The van der Waals surface area contributed by atoms with Crippen molar-refractivity contribution in [1.82, 2.24) is 19.5 Å². The fourth-order valence-corrected chi connectivity index (χ4v) is 3.40. The first-order valence-electron chi connectivity index (χ1n) is 9.09. The molecule has 0 saturated carbocycles. The number of anilines is 1. The van der Waals surface area contributed by atoms with E-state index in [2.05, 4.69) is 27.0 Å². The van der Waals surface area contributed by atoms with E-state index in [-0.39, 0.29) is 5.56 Å². The lowest BCUT2D eigenvalue weighted by atomic mass is 10.0. The normalized spacial score (nSPS) is 13.9. The Kier molecular flexibility index (Phi) is 4.89. The van der Waals surface area contributed by atoms with Crippen molar-refractivity contribution in [3.8, 4) is 17.1 Å². The van der Waals surface area contributed by atoms with Gasteiger partial charge in [-0.05, 0) is 24.1 Å². The highest BCUT2D eigenvalue weighted by Gasteiger charge is 2.21. The average molecular weight is 375 g/mol. The zero-order valence-electron chi connectivity index (χ0n) is 15.9. The Bertz CT molecular complexity index is 1080. The molecule has 7 nitrogen and oxygen atoms in total. The van der Waals surface area contributed by atoms with Gasteiger partial charge in [0.2, 0.25) is 5.95 Å². The van der Waals surface area contributed by atoms with Crippen LogP contribution in [0.15, 0.2) is 59.8 Å². The van der Waals surface area contributed by atoms with Crippen LogP contribution in [0.25, 0.3) is 17.0 Å². The van der Waals surface area contributed by atoms with Crippen LogP contribution in [0.1, 0.15) is 12.0 Å². The molecule has 3 aromatic rings. The van der Waals surface area contributed by atoms with Gasteiger partial charge in [0.05, 0.1) is 18.5 Å². The van der Waals surface area contributed by atoms with Crippen LogP contribution in [0.3, 0.4) is 0 Å². The summed E-state index contributed by atoms with van der Waals surface area (Å²) >= 11 is 0. The topological polar surface area (TPSA) is 73.1 Å². The van der Waals surface area contributed by atoms with E-state index in [1.54, 1.807) is 31.0 Å². The molecule has 4 rings (SSSR count). The van der Waals surface area contributed by atoms with E-state index >= 15 is 0 Å². The quantitative estimate of drug-likeness (QED) is 0.698. The number of nitrogens with zero attached hydrogens (tertiary/aromatic N) is 5. The molecule has 0 radical (unpaired) electrons. The van der Waals surface area contributed by atoms with E-state index in [1.165, 1.54) is 12.4 Å². The van der Waals surface area contributed by atoms with Crippen LogP contribution in [-0.4, -0.2) is 39.7 Å². The first-order valence-corrected chi connectivity index (χ1v) is 9.09. The van der Waals surface area contributed by atoms with Crippen LogP contribution in [0.5, 0.6) is 5.75 Å². The molecular weight excluding hydrogens is 354 g/mol. The van der Waals surface area contributed by atoms with Gasteiger partial charge in [-0.3, -0.25) is 9.36 Å². The third-order valence-corrected chi connectivity index (χ3v) is 4.84. The highest BCUT2D eigenvalue weighted by Crippen LogP contribution is 2.30. The fourth-order valence-electron chi connectivity index (χ4n) is 3.40. The first-order chi connectivity index (χ1) is 13.7. The number of ether oxygens (including phenoxy) is 1. The average Bonchev–Trinajstić information content (AvgIpc) is 2.76. The second-order valence-electron chi connectivity index (χ2n) is 6.57. The molecule has 0 bridgehead atoms. The lowest BCUT2D eigenvalue weighted by molar-refractivity contribution is 0.413. The number of hydrogen-bond donors (Lipinski definition) is 0. The molecule has 1 aromatic carbocycles. The SMILES string of the molecule is COc1ccccc1C1=CCCN(c2nc(-c3ccncn3)cc(=O)n2C)C1. The number of methoxy groups -OCH3 is 1. The highest BCUT2D eigenvalue weighted by atomic mass is 16.5. The van der Waals surface area contributed by atoms with Gasteiger partial charge in [-0.15, -0.1) is 0 Å². The molecule has 0 amide bonds. The Morgan fingerprint density at radius 2 is 2.00 bits per heavy atom. The van der Waals surface area contributed by atoms with Crippen LogP contribution in [0, 0.1) is 0 Å².